The third-order valence-electron chi connectivity index (χ3n) is 4.78. The lowest BCUT2D eigenvalue weighted by atomic mass is 10.2. The van der Waals surface area contributed by atoms with Crippen LogP contribution in [0.3, 0.4) is 0 Å². The molecule has 1 atom stereocenters. The Bertz CT molecular complexity index is 1210. The molecule has 0 aliphatic rings. The molecule has 4 rings (SSSR count). The molecule has 0 bridgehead atoms. The van der Waals surface area contributed by atoms with E-state index in [1.54, 1.807) is 37.4 Å². The Morgan fingerprint density at radius 3 is 2.31 bits per heavy atom. The van der Waals surface area contributed by atoms with E-state index >= 15 is 0 Å². The zero-order valence-electron chi connectivity index (χ0n) is 17.5. The maximum Gasteiger partial charge on any atom is 0.274 e. The van der Waals surface area contributed by atoms with Crippen LogP contribution in [-0.2, 0) is 4.79 Å². The normalized spacial score (nSPS) is 11.7. The largest absolute Gasteiger partial charge is 0.324 e. The van der Waals surface area contributed by atoms with Crippen molar-refractivity contribution in [2.75, 3.05) is 16.9 Å². The van der Waals surface area contributed by atoms with Gasteiger partial charge in [0.25, 0.3) is 5.91 Å². The minimum Gasteiger partial charge on any atom is -0.324 e. The molecule has 162 valence electrons. The lowest BCUT2D eigenvalue weighted by Gasteiger charge is -2.13. The first kappa shape index (κ1) is 21.3. The molecule has 0 radical (unpaired) electrons. The topological polar surface area (TPSA) is 107 Å². The minimum atomic E-state index is -0.499. The van der Waals surface area contributed by atoms with Crippen LogP contribution in [0.5, 0.6) is 0 Å². The number of nitrogens with one attached hydrogen (secondary N) is 2. The maximum absolute atomic E-state index is 13.0. The van der Waals surface area contributed by atoms with Crippen LogP contribution in [0.15, 0.2) is 78.6 Å². The second-order valence-electron chi connectivity index (χ2n) is 6.87. The van der Waals surface area contributed by atoms with Crippen molar-refractivity contribution < 1.29 is 9.59 Å². The zero-order valence-corrected chi connectivity index (χ0v) is 18.3. The van der Waals surface area contributed by atoms with Crippen LogP contribution >= 0.6 is 11.8 Å². The molecule has 10 heteroatoms. The number of aromatic nitrogens is 5. The molecule has 2 N–H and O–H groups in total. The third-order valence-corrected chi connectivity index (χ3v) is 5.44. The first-order valence-electron chi connectivity index (χ1n) is 9.80. The first-order chi connectivity index (χ1) is 15.6. The van der Waals surface area contributed by atoms with Crippen LogP contribution in [0.25, 0.3) is 5.69 Å². The first-order valence-corrected chi connectivity index (χ1v) is 11.0. The monoisotopic (exact) mass is 447 g/mol. The predicted molar refractivity (Wildman–Crippen MR) is 123 cm³/mol. The van der Waals surface area contributed by atoms with Crippen LogP contribution in [-0.4, -0.2) is 42.4 Å². The van der Waals surface area contributed by atoms with E-state index in [-0.39, 0.29) is 11.8 Å². The molecule has 0 aliphatic carbocycles. The molecule has 9 nitrogen and oxygen atoms in total. The highest BCUT2D eigenvalue weighted by Gasteiger charge is 2.18. The van der Waals surface area contributed by atoms with Crippen molar-refractivity contribution in [2.45, 2.75) is 18.1 Å². The lowest BCUT2D eigenvalue weighted by Crippen LogP contribution is -2.24. The van der Waals surface area contributed by atoms with Gasteiger partial charge in [0.05, 0.1) is 6.20 Å². The van der Waals surface area contributed by atoms with Gasteiger partial charge < -0.3 is 10.6 Å². The van der Waals surface area contributed by atoms with Crippen molar-refractivity contribution in [2.24, 2.45) is 0 Å². The highest BCUT2D eigenvalue weighted by atomic mass is 32.2. The van der Waals surface area contributed by atoms with Crippen molar-refractivity contribution in [3.63, 3.8) is 0 Å². The predicted octanol–water partition coefficient (Wildman–Crippen LogP) is 3.64. The molecule has 2 aromatic heterocycles. The molecule has 0 saturated heterocycles. The van der Waals surface area contributed by atoms with E-state index in [2.05, 4.69) is 25.7 Å². The molecular formula is C22H21N7O2S. The Balaban J connectivity index is 1.46. The standard InChI is InChI=1S/C22H21N7O2S/c1-15(28-14-23-13-25-28)20(30)26-16-8-10-17(11-9-16)27-21(31)19-12-24-22(32-2)29(19)18-6-4-3-5-7-18/h3-15H,1-2H3,(H,26,30)(H,27,31). The summed E-state index contributed by atoms with van der Waals surface area (Å²) < 4.78 is 3.29. The molecule has 0 fully saturated rings. The summed E-state index contributed by atoms with van der Waals surface area (Å²) in [5.74, 6) is -0.498. The van der Waals surface area contributed by atoms with Gasteiger partial charge in [0.15, 0.2) is 5.16 Å². The molecule has 2 heterocycles. The van der Waals surface area contributed by atoms with E-state index in [1.165, 1.54) is 29.1 Å². The van der Waals surface area contributed by atoms with Crippen LogP contribution in [0, 0.1) is 0 Å². The van der Waals surface area contributed by atoms with E-state index in [0.717, 1.165) is 10.8 Å². The van der Waals surface area contributed by atoms with Crippen LogP contribution < -0.4 is 10.6 Å². The van der Waals surface area contributed by atoms with Crippen LogP contribution in [0.2, 0.25) is 0 Å². The number of carbonyl (C=O) groups is 2. The van der Waals surface area contributed by atoms with Gasteiger partial charge in [-0.3, -0.25) is 14.2 Å². The van der Waals surface area contributed by atoms with Gasteiger partial charge in [0.1, 0.15) is 24.4 Å². The number of anilines is 2. The lowest BCUT2D eigenvalue weighted by molar-refractivity contribution is -0.119. The van der Waals surface area contributed by atoms with Gasteiger partial charge in [-0.15, -0.1) is 0 Å². The Morgan fingerprint density at radius 1 is 1.00 bits per heavy atom. The average molecular weight is 448 g/mol. The number of rotatable bonds is 7. The Kier molecular flexibility index (Phi) is 6.31. The summed E-state index contributed by atoms with van der Waals surface area (Å²) in [5.41, 5.74) is 2.50. The summed E-state index contributed by atoms with van der Waals surface area (Å²) in [7, 11) is 0. The molecule has 1 unspecified atom stereocenters. The van der Waals surface area contributed by atoms with Gasteiger partial charge >= 0.3 is 0 Å². The number of hydrogen-bond acceptors (Lipinski definition) is 6. The Labute approximate surface area is 188 Å². The number of nitrogens with zero attached hydrogens (tertiary/aromatic N) is 5. The molecule has 2 amide bonds. The maximum atomic E-state index is 13.0. The van der Waals surface area contributed by atoms with Crippen molar-refractivity contribution >= 4 is 35.0 Å². The number of imidazole rings is 1. The highest BCUT2D eigenvalue weighted by Crippen LogP contribution is 2.23. The summed E-state index contributed by atoms with van der Waals surface area (Å²) >= 11 is 1.47. The smallest absolute Gasteiger partial charge is 0.274 e. The summed E-state index contributed by atoms with van der Waals surface area (Å²) in [6.07, 6.45) is 6.35. The van der Waals surface area contributed by atoms with E-state index in [9.17, 15) is 9.59 Å². The number of amides is 2. The second-order valence-corrected chi connectivity index (χ2v) is 7.65. The van der Waals surface area contributed by atoms with Crippen LogP contribution in [0.4, 0.5) is 11.4 Å². The van der Waals surface area contributed by atoms with E-state index in [0.29, 0.717) is 17.1 Å². The fourth-order valence-corrected chi connectivity index (χ4v) is 3.63. The number of benzene rings is 2. The van der Waals surface area contributed by atoms with Gasteiger partial charge in [0, 0.05) is 17.1 Å². The SMILES string of the molecule is CSc1ncc(C(=O)Nc2ccc(NC(=O)C(C)n3cncn3)cc2)n1-c1ccccc1. The third kappa shape index (κ3) is 4.54. The highest BCUT2D eigenvalue weighted by molar-refractivity contribution is 7.98. The molecular weight excluding hydrogens is 426 g/mol. The van der Waals surface area contributed by atoms with Gasteiger partial charge in [-0.1, -0.05) is 30.0 Å². The molecule has 2 aromatic carbocycles. The fraction of sp³-hybridized carbons (Fsp3) is 0.136. The van der Waals surface area contributed by atoms with Crippen molar-refractivity contribution in [3.8, 4) is 5.69 Å². The fourth-order valence-electron chi connectivity index (χ4n) is 3.08. The van der Waals surface area contributed by atoms with Crippen molar-refractivity contribution in [1.82, 2.24) is 24.3 Å². The van der Waals surface area contributed by atoms with E-state index in [1.807, 2.05) is 41.2 Å². The Hall–Kier alpha value is -3.92. The summed E-state index contributed by atoms with van der Waals surface area (Å²) in [4.78, 5) is 33.6. The van der Waals surface area contributed by atoms with Crippen molar-refractivity contribution in [3.05, 3.63) is 79.1 Å². The average Bonchev–Trinajstić information content (AvgIpc) is 3.50. The minimum absolute atomic E-state index is 0.219. The summed E-state index contributed by atoms with van der Waals surface area (Å²) in [5, 5.41) is 10.4. The van der Waals surface area contributed by atoms with E-state index < -0.39 is 6.04 Å². The van der Waals surface area contributed by atoms with Crippen molar-refractivity contribution in [1.29, 1.82) is 0 Å². The number of para-hydroxylation sites is 1. The zero-order chi connectivity index (χ0) is 22.5. The molecule has 4 aromatic rings. The number of carbonyl (C=O) groups excluding carboxylic acids is 2. The molecule has 32 heavy (non-hydrogen) atoms. The van der Waals surface area contributed by atoms with E-state index in [4.69, 9.17) is 0 Å². The van der Waals surface area contributed by atoms with Gasteiger partial charge in [-0.05, 0) is 49.6 Å². The molecule has 0 aliphatic heterocycles. The Morgan fingerprint density at radius 2 is 1.69 bits per heavy atom. The van der Waals surface area contributed by atoms with Gasteiger partial charge in [-0.25, -0.2) is 14.6 Å². The van der Waals surface area contributed by atoms with Crippen LogP contribution in [0.1, 0.15) is 23.5 Å². The second kappa shape index (κ2) is 9.48. The summed E-state index contributed by atoms with van der Waals surface area (Å²) in [6, 6.07) is 16.0. The summed E-state index contributed by atoms with van der Waals surface area (Å²) in [6.45, 7) is 1.73. The quantitative estimate of drug-likeness (QED) is 0.419. The van der Waals surface area contributed by atoms with Gasteiger partial charge in [0.2, 0.25) is 5.91 Å². The molecule has 0 spiro atoms. The number of thioether (sulfide) groups is 1. The number of hydrogen-bond donors (Lipinski definition) is 2. The van der Waals surface area contributed by atoms with Gasteiger partial charge in [-0.2, -0.15) is 5.10 Å². The molecule has 0 saturated carbocycles.